The summed E-state index contributed by atoms with van der Waals surface area (Å²) in [7, 11) is 0. The summed E-state index contributed by atoms with van der Waals surface area (Å²) >= 11 is 0. The largest absolute Gasteiger partial charge is 0.454 e. The quantitative estimate of drug-likeness (QED) is 0.318. The van der Waals surface area contributed by atoms with E-state index in [2.05, 4.69) is 9.99 Å². The highest BCUT2D eigenvalue weighted by atomic mass is 19.4. The Balaban J connectivity index is 4.13. The van der Waals surface area contributed by atoms with Crippen LogP contribution >= 0.6 is 0 Å². The molecule has 0 aliphatic rings. The topological polar surface area (TPSA) is 38.7 Å². The van der Waals surface area contributed by atoms with Gasteiger partial charge in [-0.25, -0.2) is 0 Å². The summed E-state index contributed by atoms with van der Waals surface area (Å²) in [6.45, 7) is 5.38. The van der Waals surface area contributed by atoms with E-state index in [4.69, 9.17) is 0 Å². The summed E-state index contributed by atoms with van der Waals surface area (Å²) in [6, 6.07) is 0. The van der Waals surface area contributed by atoms with Crippen LogP contribution in [0.3, 0.4) is 0 Å². The van der Waals surface area contributed by atoms with Crippen LogP contribution in [0.5, 0.6) is 0 Å². The molecule has 0 aromatic heterocycles. The van der Waals surface area contributed by atoms with E-state index in [0.717, 1.165) is 0 Å². The smallest absolute Gasteiger partial charge is 0.365 e. The first kappa shape index (κ1) is 13.7. The molecule has 0 saturated heterocycles. The second-order valence-electron chi connectivity index (χ2n) is 3.16. The lowest BCUT2D eigenvalue weighted by atomic mass is 10.1. The van der Waals surface area contributed by atoms with E-state index in [1.54, 1.807) is 6.92 Å². The van der Waals surface area contributed by atoms with Gasteiger partial charge in [0.15, 0.2) is 0 Å². The van der Waals surface area contributed by atoms with Crippen LogP contribution in [0, 0.1) is 5.92 Å². The first-order valence-electron chi connectivity index (χ1n) is 4.23. The third-order valence-corrected chi connectivity index (χ3v) is 1.59. The standard InChI is InChI=1S/C9H12F3NO2/c1-6(2)7(3)13-15-5-4-8(14)9(10,11)12/h4-6H,1-3H3/b5-4+,13-7-. The molecule has 0 radical (unpaired) electrons. The average Bonchev–Trinajstić information content (AvgIpc) is 2.09. The number of hydrogen-bond donors (Lipinski definition) is 0. The fraction of sp³-hybridized carbons (Fsp3) is 0.556. The molecular weight excluding hydrogens is 211 g/mol. The van der Waals surface area contributed by atoms with Gasteiger partial charge in [0, 0.05) is 6.08 Å². The Morgan fingerprint density at radius 1 is 1.40 bits per heavy atom. The number of oxime groups is 1. The number of carbonyl (C=O) groups is 1. The summed E-state index contributed by atoms with van der Waals surface area (Å²) < 4.78 is 35.0. The van der Waals surface area contributed by atoms with Crippen molar-refractivity contribution < 1.29 is 22.8 Å². The van der Waals surface area contributed by atoms with Crippen molar-refractivity contribution in [3.8, 4) is 0 Å². The number of allylic oxidation sites excluding steroid dienone is 1. The SMILES string of the molecule is C/C(=N/O/C=C/C(=O)C(F)(F)F)C(C)C. The zero-order chi connectivity index (χ0) is 12.1. The Hall–Kier alpha value is -1.33. The van der Waals surface area contributed by atoms with Crippen molar-refractivity contribution >= 4 is 11.5 Å². The lowest BCUT2D eigenvalue weighted by Gasteiger charge is -2.01. The normalized spacial score (nSPS) is 13.7. The number of nitrogens with zero attached hydrogens (tertiary/aromatic N) is 1. The molecule has 0 saturated carbocycles. The summed E-state index contributed by atoms with van der Waals surface area (Å²) in [5, 5.41) is 3.49. The highest BCUT2D eigenvalue weighted by molar-refractivity contribution is 5.94. The molecule has 0 atom stereocenters. The molecule has 0 aliphatic carbocycles. The lowest BCUT2D eigenvalue weighted by Crippen LogP contribution is -2.19. The number of alkyl halides is 3. The van der Waals surface area contributed by atoms with Crippen LogP contribution in [0.25, 0.3) is 0 Å². The van der Waals surface area contributed by atoms with Crippen molar-refractivity contribution in [3.63, 3.8) is 0 Å². The van der Waals surface area contributed by atoms with Crippen molar-refractivity contribution in [1.82, 2.24) is 0 Å². The molecule has 0 fully saturated rings. The van der Waals surface area contributed by atoms with Crippen LogP contribution in [-0.4, -0.2) is 17.7 Å². The molecule has 0 rings (SSSR count). The van der Waals surface area contributed by atoms with Gasteiger partial charge in [-0.3, -0.25) is 4.79 Å². The number of hydrogen-bond acceptors (Lipinski definition) is 3. The number of carbonyl (C=O) groups excluding carboxylic acids is 1. The van der Waals surface area contributed by atoms with Crippen LogP contribution in [0.2, 0.25) is 0 Å². The molecule has 6 heteroatoms. The van der Waals surface area contributed by atoms with Gasteiger partial charge < -0.3 is 4.84 Å². The van der Waals surface area contributed by atoms with E-state index < -0.39 is 12.0 Å². The highest BCUT2D eigenvalue weighted by Gasteiger charge is 2.36. The van der Waals surface area contributed by atoms with Crippen LogP contribution in [0.4, 0.5) is 13.2 Å². The van der Waals surface area contributed by atoms with E-state index in [1.807, 2.05) is 13.8 Å². The van der Waals surface area contributed by atoms with Crippen molar-refractivity contribution in [2.75, 3.05) is 0 Å². The lowest BCUT2D eigenvalue weighted by molar-refractivity contribution is -0.165. The molecule has 0 unspecified atom stereocenters. The van der Waals surface area contributed by atoms with Gasteiger partial charge in [0.2, 0.25) is 0 Å². The van der Waals surface area contributed by atoms with Gasteiger partial charge >= 0.3 is 6.18 Å². The molecule has 0 N–H and O–H groups in total. The summed E-state index contributed by atoms with van der Waals surface area (Å²) in [4.78, 5) is 14.7. The number of halogens is 3. The molecule has 0 amide bonds. The Labute approximate surface area is 85.6 Å². The van der Waals surface area contributed by atoms with E-state index in [9.17, 15) is 18.0 Å². The van der Waals surface area contributed by atoms with Crippen LogP contribution in [0.15, 0.2) is 17.5 Å². The maximum Gasteiger partial charge on any atom is 0.454 e. The van der Waals surface area contributed by atoms with E-state index in [0.29, 0.717) is 12.0 Å². The molecule has 0 bridgehead atoms. The van der Waals surface area contributed by atoms with Gasteiger partial charge in [-0.2, -0.15) is 13.2 Å². The Morgan fingerprint density at radius 2 is 1.93 bits per heavy atom. The zero-order valence-electron chi connectivity index (χ0n) is 8.63. The van der Waals surface area contributed by atoms with E-state index in [-0.39, 0.29) is 12.0 Å². The van der Waals surface area contributed by atoms with Gasteiger partial charge in [-0.05, 0) is 12.8 Å². The molecule has 86 valence electrons. The minimum atomic E-state index is -4.86. The van der Waals surface area contributed by atoms with Crippen LogP contribution in [0.1, 0.15) is 20.8 Å². The van der Waals surface area contributed by atoms with Crippen molar-refractivity contribution in [2.45, 2.75) is 26.9 Å². The molecule has 0 aliphatic heterocycles. The molecule has 0 aromatic carbocycles. The first-order valence-corrected chi connectivity index (χ1v) is 4.23. The Kier molecular flexibility index (Phi) is 5.04. The Bertz CT molecular complexity index is 280. The molecule has 15 heavy (non-hydrogen) atoms. The average molecular weight is 223 g/mol. The van der Waals surface area contributed by atoms with Gasteiger partial charge in [0.05, 0.1) is 5.71 Å². The van der Waals surface area contributed by atoms with Crippen molar-refractivity contribution in [1.29, 1.82) is 0 Å². The minimum Gasteiger partial charge on any atom is -0.365 e. The molecule has 0 aromatic rings. The molecule has 0 heterocycles. The van der Waals surface area contributed by atoms with Crippen LogP contribution in [-0.2, 0) is 9.63 Å². The van der Waals surface area contributed by atoms with Crippen molar-refractivity contribution in [3.05, 3.63) is 12.3 Å². The summed E-state index contributed by atoms with van der Waals surface area (Å²) in [5.74, 6) is -1.84. The first-order chi connectivity index (χ1) is 6.75. The maximum absolute atomic E-state index is 11.7. The van der Waals surface area contributed by atoms with Gasteiger partial charge in [0.1, 0.15) is 6.26 Å². The van der Waals surface area contributed by atoms with E-state index in [1.165, 1.54) is 0 Å². The third kappa shape index (κ3) is 5.87. The molecule has 0 spiro atoms. The second kappa shape index (κ2) is 5.53. The minimum absolute atomic E-state index is 0.136. The zero-order valence-corrected chi connectivity index (χ0v) is 8.63. The van der Waals surface area contributed by atoms with Crippen LogP contribution < -0.4 is 0 Å². The monoisotopic (exact) mass is 223 g/mol. The van der Waals surface area contributed by atoms with Gasteiger partial charge in [-0.15, -0.1) is 0 Å². The predicted octanol–water partition coefficient (Wildman–Crippen LogP) is 2.68. The third-order valence-electron chi connectivity index (χ3n) is 1.59. The number of ketones is 1. The highest BCUT2D eigenvalue weighted by Crippen LogP contribution is 2.16. The van der Waals surface area contributed by atoms with E-state index >= 15 is 0 Å². The van der Waals surface area contributed by atoms with Crippen molar-refractivity contribution in [2.24, 2.45) is 11.1 Å². The van der Waals surface area contributed by atoms with Gasteiger partial charge in [0.25, 0.3) is 5.78 Å². The summed E-state index contributed by atoms with van der Waals surface area (Å²) in [6.07, 6.45) is -3.96. The molecule has 3 nitrogen and oxygen atoms in total. The second-order valence-corrected chi connectivity index (χ2v) is 3.16. The fourth-order valence-corrected chi connectivity index (χ4v) is 0.406. The molecular formula is C9H12F3NO2. The predicted molar refractivity (Wildman–Crippen MR) is 49.2 cm³/mol. The fourth-order valence-electron chi connectivity index (χ4n) is 0.406. The number of rotatable bonds is 4. The Morgan fingerprint density at radius 3 is 2.33 bits per heavy atom. The maximum atomic E-state index is 11.7. The summed E-state index contributed by atoms with van der Waals surface area (Å²) in [5.41, 5.74) is 0.624. The van der Waals surface area contributed by atoms with Gasteiger partial charge in [-0.1, -0.05) is 19.0 Å².